The van der Waals surface area contributed by atoms with E-state index in [1.165, 1.54) is 0 Å². The van der Waals surface area contributed by atoms with Gasteiger partial charge in [0.1, 0.15) is 39.5 Å². The van der Waals surface area contributed by atoms with Crippen LogP contribution in [0.2, 0.25) is 0 Å². The maximum atomic E-state index is 15.2. The number of hydrogen-bond donors (Lipinski definition) is 1. The lowest BCUT2D eigenvalue weighted by Gasteiger charge is -2.22. The number of rotatable bonds is 8. The lowest BCUT2D eigenvalue weighted by atomic mass is 9.94. The number of fused-ring (bicyclic) bond motifs is 4. The van der Waals surface area contributed by atoms with Crippen LogP contribution in [0, 0.1) is 11.7 Å². The lowest BCUT2D eigenvalue weighted by molar-refractivity contribution is -0.137. The topological polar surface area (TPSA) is 99.1 Å². The molecule has 0 unspecified atom stereocenters. The Morgan fingerprint density at radius 2 is 1.68 bits per heavy atom. The van der Waals surface area contributed by atoms with Gasteiger partial charge in [0.25, 0.3) is 0 Å². The third-order valence-electron chi connectivity index (χ3n) is 8.37. The summed E-state index contributed by atoms with van der Waals surface area (Å²) >= 11 is 0. The number of hydrogen-bond acceptors (Lipinski definition) is 6. The van der Waals surface area contributed by atoms with E-state index >= 15 is 4.39 Å². The molecule has 9 heteroatoms. The molecule has 0 spiro atoms. The van der Waals surface area contributed by atoms with Crippen molar-refractivity contribution < 1.29 is 36.9 Å². The van der Waals surface area contributed by atoms with E-state index in [9.17, 15) is 13.2 Å². The summed E-state index contributed by atoms with van der Waals surface area (Å²) in [5, 5.41) is 9.12. The molecule has 1 N–H and O–H groups in total. The Balaban J connectivity index is 1.16. The average Bonchev–Trinajstić information content (AvgIpc) is 3.24. The second-order valence-corrected chi connectivity index (χ2v) is 13.6. The van der Waals surface area contributed by atoms with Crippen molar-refractivity contribution in [2.45, 2.75) is 51.0 Å². The minimum Gasteiger partial charge on any atom is -0.493 e. The summed E-state index contributed by atoms with van der Waals surface area (Å²) in [4.78, 5) is 11.1. The Hall–Kier alpha value is -3.59. The zero-order valence-electron chi connectivity index (χ0n) is 22.7. The monoisotopic (exact) mass is 580 g/mol. The highest BCUT2D eigenvalue weighted by molar-refractivity contribution is 7.91. The highest BCUT2D eigenvalue weighted by atomic mass is 32.2. The number of ether oxygens (including phenoxy) is 3. The van der Waals surface area contributed by atoms with Crippen LogP contribution in [0.5, 0.6) is 17.2 Å². The Morgan fingerprint density at radius 3 is 2.46 bits per heavy atom. The molecule has 2 heterocycles. The van der Waals surface area contributed by atoms with Gasteiger partial charge >= 0.3 is 5.97 Å². The number of sulfone groups is 1. The number of aryl methyl sites for hydroxylation is 2. The van der Waals surface area contributed by atoms with Crippen molar-refractivity contribution in [2.75, 3.05) is 24.7 Å². The first-order valence-corrected chi connectivity index (χ1v) is 16.0. The second kappa shape index (κ2) is 11.4. The van der Waals surface area contributed by atoms with Gasteiger partial charge in [-0.2, -0.15) is 0 Å². The molecule has 3 aromatic rings. The van der Waals surface area contributed by atoms with E-state index in [2.05, 4.69) is 6.07 Å². The van der Waals surface area contributed by atoms with E-state index in [0.717, 1.165) is 52.8 Å². The van der Waals surface area contributed by atoms with E-state index in [4.69, 9.17) is 19.3 Å². The van der Waals surface area contributed by atoms with Crippen molar-refractivity contribution in [2.24, 2.45) is 5.92 Å². The van der Waals surface area contributed by atoms with E-state index < -0.39 is 15.8 Å². The number of halogens is 1. The van der Waals surface area contributed by atoms with E-state index in [-0.39, 0.29) is 42.2 Å². The van der Waals surface area contributed by atoms with Crippen molar-refractivity contribution >= 4 is 15.8 Å². The van der Waals surface area contributed by atoms with Gasteiger partial charge in [-0.25, -0.2) is 12.8 Å². The molecule has 0 saturated carbocycles. The molecule has 1 aliphatic carbocycles. The van der Waals surface area contributed by atoms with Gasteiger partial charge in [-0.05, 0) is 90.6 Å². The summed E-state index contributed by atoms with van der Waals surface area (Å²) in [5.41, 5.74) is 5.48. The number of benzene rings is 3. The van der Waals surface area contributed by atoms with Crippen LogP contribution in [0.4, 0.5) is 4.39 Å². The van der Waals surface area contributed by atoms with Gasteiger partial charge in [0, 0.05) is 23.1 Å². The molecule has 6 rings (SSSR count). The number of carbonyl (C=O) groups is 1. The molecule has 3 aromatic carbocycles. The van der Waals surface area contributed by atoms with Crippen LogP contribution >= 0.6 is 0 Å². The van der Waals surface area contributed by atoms with Gasteiger partial charge in [-0.1, -0.05) is 12.1 Å². The molecule has 216 valence electrons. The largest absolute Gasteiger partial charge is 0.493 e. The van der Waals surface area contributed by atoms with Gasteiger partial charge in [-0.15, -0.1) is 0 Å². The average molecular weight is 581 g/mol. The molecule has 0 amide bonds. The summed E-state index contributed by atoms with van der Waals surface area (Å²) in [6, 6.07) is 14.9. The van der Waals surface area contributed by atoms with Crippen molar-refractivity contribution in [1.82, 2.24) is 0 Å². The molecule has 0 aromatic heterocycles. The molecular weight excluding hydrogens is 547 g/mol. The fourth-order valence-electron chi connectivity index (χ4n) is 6.03. The van der Waals surface area contributed by atoms with E-state index in [0.29, 0.717) is 43.1 Å². The maximum Gasteiger partial charge on any atom is 0.304 e. The maximum absolute atomic E-state index is 15.2. The molecule has 1 saturated heterocycles. The van der Waals surface area contributed by atoms with E-state index in [1.54, 1.807) is 18.2 Å². The molecule has 2 aliphatic heterocycles. The SMILES string of the molecule is O=C(O)C[C@@H]1COc2cc(OCc3cc4c(cc3F)CCCc3cc(OCC5CCS(=O)(=O)CC5)ccc3-4)ccc21. The molecule has 3 aliphatic rings. The fraction of sp³-hybridized carbons (Fsp3) is 0.406. The van der Waals surface area contributed by atoms with Gasteiger partial charge in [0.15, 0.2) is 0 Å². The molecule has 41 heavy (non-hydrogen) atoms. The molecule has 0 bridgehead atoms. The van der Waals surface area contributed by atoms with Crippen molar-refractivity contribution in [3.63, 3.8) is 0 Å². The summed E-state index contributed by atoms with van der Waals surface area (Å²) in [5.74, 6) is 1.27. The zero-order valence-corrected chi connectivity index (χ0v) is 23.6. The predicted molar refractivity (Wildman–Crippen MR) is 152 cm³/mol. The van der Waals surface area contributed by atoms with E-state index in [1.807, 2.05) is 24.3 Å². The van der Waals surface area contributed by atoms with Crippen LogP contribution in [-0.4, -0.2) is 44.2 Å². The normalized spacial score (nSPS) is 19.3. The Labute approximate surface area is 239 Å². The van der Waals surface area contributed by atoms with Crippen LogP contribution in [0.15, 0.2) is 48.5 Å². The predicted octanol–water partition coefficient (Wildman–Crippen LogP) is 5.71. The highest BCUT2D eigenvalue weighted by Crippen LogP contribution is 2.39. The summed E-state index contributed by atoms with van der Waals surface area (Å²) in [6.45, 7) is 0.872. The highest BCUT2D eigenvalue weighted by Gasteiger charge is 2.27. The lowest BCUT2D eigenvalue weighted by Crippen LogP contribution is -2.26. The Kier molecular flexibility index (Phi) is 7.64. The van der Waals surface area contributed by atoms with Gasteiger partial charge < -0.3 is 19.3 Å². The minimum atomic E-state index is -2.89. The summed E-state index contributed by atoms with van der Waals surface area (Å²) in [7, 11) is -2.89. The van der Waals surface area contributed by atoms with Crippen LogP contribution in [0.3, 0.4) is 0 Å². The Morgan fingerprint density at radius 1 is 0.951 bits per heavy atom. The molecule has 7 nitrogen and oxygen atoms in total. The quantitative estimate of drug-likeness (QED) is 0.364. The first-order valence-electron chi connectivity index (χ1n) is 14.1. The number of carboxylic acids is 1. The number of carboxylic acid groups (broad SMARTS) is 1. The van der Waals surface area contributed by atoms with Crippen LogP contribution in [0.25, 0.3) is 11.1 Å². The smallest absolute Gasteiger partial charge is 0.304 e. The summed E-state index contributed by atoms with van der Waals surface area (Å²) in [6.07, 6.45) is 3.82. The fourth-order valence-corrected chi connectivity index (χ4v) is 7.62. The van der Waals surface area contributed by atoms with Gasteiger partial charge in [-0.3, -0.25) is 4.79 Å². The second-order valence-electron chi connectivity index (χ2n) is 11.3. The van der Waals surface area contributed by atoms with Crippen molar-refractivity contribution in [3.05, 3.63) is 76.6 Å². The number of aliphatic carboxylic acids is 1. The third-order valence-corrected chi connectivity index (χ3v) is 10.1. The first-order chi connectivity index (χ1) is 19.7. The summed E-state index contributed by atoms with van der Waals surface area (Å²) < 4.78 is 56.3. The van der Waals surface area contributed by atoms with Crippen molar-refractivity contribution in [1.29, 1.82) is 0 Å². The third kappa shape index (κ3) is 6.20. The van der Waals surface area contributed by atoms with Crippen LogP contribution in [-0.2, 0) is 34.1 Å². The van der Waals surface area contributed by atoms with Crippen molar-refractivity contribution in [3.8, 4) is 28.4 Å². The van der Waals surface area contributed by atoms with Gasteiger partial charge in [0.2, 0.25) is 0 Å². The zero-order chi connectivity index (χ0) is 28.6. The van der Waals surface area contributed by atoms with Crippen LogP contribution in [0.1, 0.15) is 53.9 Å². The van der Waals surface area contributed by atoms with Gasteiger partial charge in [0.05, 0.1) is 31.1 Å². The minimum absolute atomic E-state index is 0.00950. The molecule has 0 radical (unpaired) electrons. The Bertz CT molecular complexity index is 1570. The standard InChI is InChI=1S/C32H33FO7S/c33-30-14-22-3-1-2-21-12-25(38-17-20-8-10-41(36,37)11-9-20)4-6-27(21)29(22)13-24(30)19-39-26-5-7-28-23(15-32(34)35)18-40-31(28)16-26/h4-7,12-14,16,20,23H,1-3,8-11,15,17-19H2,(H,34,35)/t23-/m1/s1. The van der Waals surface area contributed by atoms with Crippen LogP contribution < -0.4 is 14.2 Å². The first kappa shape index (κ1) is 27.6. The molecule has 1 atom stereocenters. The molecule has 1 fully saturated rings. The molecular formula is C32H33FO7S.